The number of phenols is 1. The topological polar surface area (TPSA) is 90.3 Å². The van der Waals surface area contributed by atoms with Gasteiger partial charge in [-0.1, -0.05) is 38.8 Å². The molecular formula is C29H38N2O5. The summed E-state index contributed by atoms with van der Waals surface area (Å²) in [6, 6.07) is 12.4. The van der Waals surface area contributed by atoms with E-state index in [9.17, 15) is 19.8 Å². The fraction of sp³-hybridized carbons (Fsp3) is 0.448. The van der Waals surface area contributed by atoms with Crippen LogP contribution in [0, 0.1) is 0 Å². The smallest absolute Gasteiger partial charge is 0.295 e. The number of carbonyl (C=O) groups is 2. The monoisotopic (exact) mass is 494 g/mol. The number of ether oxygens (including phenoxy) is 1. The molecule has 1 fully saturated rings. The molecule has 0 spiro atoms. The number of hydrogen-bond donors (Lipinski definition) is 2. The molecule has 1 aliphatic heterocycles. The van der Waals surface area contributed by atoms with Gasteiger partial charge in [-0.05, 0) is 80.9 Å². The van der Waals surface area contributed by atoms with Gasteiger partial charge < -0.3 is 24.7 Å². The van der Waals surface area contributed by atoms with Crippen LogP contribution in [0.5, 0.6) is 11.5 Å². The predicted molar refractivity (Wildman–Crippen MR) is 141 cm³/mol. The van der Waals surface area contributed by atoms with Crippen LogP contribution in [0.4, 0.5) is 0 Å². The van der Waals surface area contributed by atoms with Crippen LogP contribution in [-0.2, 0) is 9.59 Å². The summed E-state index contributed by atoms with van der Waals surface area (Å²) in [5, 5.41) is 21.3. The largest absolute Gasteiger partial charge is 0.508 e. The highest BCUT2D eigenvalue weighted by Crippen LogP contribution is 2.40. The molecule has 1 aliphatic rings. The van der Waals surface area contributed by atoms with Crippen molar-refractivity contribution in [2.24, 2.45) is 0 Å². The summed E-state index contributed by atoms with van der Waals surface area (Å²) in [6.45, 7) is 7.59. The average molecular weight is 495 g/mol. The summed E-state index contributed by atoms with van der Waals surface area (Å²) in [5.74, 6) is -0.933. The third-order valence-corrected chi connectivity index (χ3v) is 6.62. The van der Waals surface area contributed by atoms with Crippen molar-refractivity contribution < 1.29 is 24.5 Å². The molecule has 0 aromatic heterocycles. The molecule has 36 heavy (non-hydrogen) atoms. The Bertz CT molecular complexity index is 1060. The van der Waals surface area contributed by atoms with Gasteiger partial charge in [0.25, 0.3) is 11.7 Å². The fourth-order valence-corrected chi connectivity index (χ4v) is 4.62. The molecule has 0 aliphatic carbocycles. The second kappa shape index (κ2) is 13.1. The number of carbonyl (C=O) groups excluding carboxylic acids is 2. The first kappa shape index (κ1) is 27.3. The van der Waals surface area contributed by atoms with Gasteiger partial charge in [-0.25, -0.2) is 0 Å². The highest BCUT2D eigenvalue weighted by molar-refractivity contribution is 6.46. The number of methoxy groups -OCH3 is 1. The lowest BCUT2D eigenvalue weighted by Crippen LogP contribution is -2.34. The van der Waals surface area contributed by atoms with Crippen LogP contribution in [0.3, 0.4) is 0 Å². The lowest BCUT2D eigenvalue weighted by atomic mass is 9.95. The van der Waals surface area contributed by atoms with E-state index in [0.717, 1.165) is 45.3 Å². The van der Waals surface area contributed by atoms with Crippen LogP contribution in [0.1, 0.15) is 63.1 Å². The number of rotatable bonds is 13. The van der Waals surface area contributed by atoms with Crippen LogP contribution in [0.15, 0.2) is 54.1 Å². The minimum atomic E-state index is -0.779. The van der Waals surface area contributed by atoms with E-state index in [2.05, 4.69) is 18.7 Å². The number of Topliss-reactive ketones (excluding diaryl/α,β-unsaturated/α-hetero) is 1. The maximum atomic E-state index is 13.2. The first-order chi connectivity index (χ1) is 17.4. The van der Waals surface area contributed by atoms with E-state index in [1.165, 1.54) is 4.90 Å². The normalized spacial score (nSPS) is 17.2. The Balaban J connectivity index is 1.91. The Kier molecular flexibility index (Phi) is 9.94. The number of benzene rings is 2. The molecule has 3 rings (SSSR count). The van der Waals surface area contributed by atoms with Gasteiger partial charge in [0.2, 0.25) is 0 Å². The summed E-state index contributed by atoms with van der Waals surface area (Å²) in [6.07, 6.45) is 5.21. The zero-order chi connectivity index (χ0) is 26.1. The lowest BCUT2D eigenvalue weighted by molar-refractivity contribution is -0.140. The number of phenolic OH excluding ortho intramolecular Hbond substituents is 1. The molecule has 0 radical (unpaired) electrons. The number of aromatic hydroxyl groups is 1. The van der Waals surface area contributed by atoms with E-state index in [4.69, 9.17) is 4.74 Å². The van der Waals surface area contributed by atoms with Gasteiger partial charge in [-0.3, -0.25) is 9.59 Å². The van der Waals surface area contributed by atoms with Gasteiger partial charge in [0.05, 0.1) is 18.7 Å². The molecule has 7 nitrogen and oxygen atoms in total. The molecule has 2 aromatic carbocycles. The van der Waals surface area contributed by atoms with Crippen molar-refractivity contribution in [1.29, 1.82) is 0 Å². The molecule has 7 heteroatoms. The number of ketones is 1. The van der Waals surface area contributed by atoms with Crippen LogP contribution in [0.2, 0.25) is 0 Å². The number of nitrogens with zero attached hydrogens (tertiary/aromatic N) is 2. The van der Waals surface area contributed by atoms with Crippen LogP contribution >= 0.6 is 0 Å². The Morgan fingerprint density at radius 1 is 0.972 bits per heavy atom. The Morgan fingerprint density at radius 2 is 1.61 bits per heavy atom. The highest BCUT2D eigenvalue weighted by atomic mass is 16.5. The maximum Gasteiger partial charge on any atom is 0.295 e. The van der Waals surface area contributed by atoms with Gasteiger partial charge in [0.1, 0.15) is 17.3 Å². The zero-order valence-corrected chi connectivity index (χ0v) is 21.6. The Labute approximate surface area is 214 Å². The first-order valence-electron chi connectivity index (χ1n) is 12.8. The molecular weight excluding hydrogens is 456 g/mol. The summed E-state index contributed by atoms with van der Waals surface area (Å²) in [7, 11) is 1.55. The molecule has 194 valence electrons. The standard InChI is InChI=1S/C29H38N2O5/c1-4-6-16-30(17-7-5-2)18-9-19-31-26(22-10-8-11-23(32)20-22)25(28(34)29(31)35)27(33)21-12-14-24(36-3)15-13-21/h8,10-15,20,26,32-33H,4-7,9,16-19H2,1-3H3/b27-25+. The van der Waals surface area contributed by atoms with Crippen LogP contribution in [-0.4, -0.2) is 65.0 Å². The number of aliphatic hydroxyl groups is 1. The lowest BCUT2D eigenvalue weighted by Gasteiger charge is -2.27. The Hall–Kier alpha value is -3.32. The van der Waals surface area contributed by atoms with Crippen LogP contribution < -0.4 is 4.74 Å². The maximum absolute atomic E-state index is 13.2. The van der Waals surface area contributed by atoms with E-state index in [1.54, 1.807) is 55.6 Å². The number of hydrogen-bond acceptors (Lipinski definition) is 6. The second-order valence-corrected chi connectivity index (χ2v) is 9.22. The Morgan fingerprint density at radius 3 is 2.19 bits per heavy atom. The summed E-state index contributed by atoms with van der Waals surface area (Å²) in [4.78, 5) is 30.3. The summed E-state index contributed by atoms with van der Waals surface area (Å²) in [5.41, 5.74) is 1.03. The van der Waals surface area contributed by atoms with E-state index < -0.39 is 17.7 Å². The van der Waals surface area contributed by atoms with Crippen molar-refractivity contribution in [3.05, 3.63) is 65.2 Å². The second-order valence-electron chi connectivity index (χ2n) is 9.22. The SMILES string of the molecule is CCCCN(CCCC)CCCN1C(=O)C(=O)/C(=C(/O)c2ccc(OC)cc2)C1c1cccc(O)c1. The van der Waals surface area contributed by atoms with Crippen molar-refractivity contribution in [3.8, 4) is 11.5 Å². The molecule has 2 N–H and O–H groups in total. The van der Waals surface area contributed by atoms with Gasteiger partial charge in [-0.15, -0.1) is 0 Å². The highest BCUT2D eigenvalue weighted by Gasteiger charge is 2.45. The van der Waals surface area contributed by atoms with E-state index in [-0.39, 0.29) is 17.1 Å². The molecule has 0 bridgehead atoms. The summed E-state index contributed by atoms with van der Waals surface area (Å²) < 4.78 is 5.19. The predicted octanol–water partition coefficient (Wildman–Crippen LogP) is 5.11. The number of likely N-dealkylation sites (tertiary alicyclic amines) is 1. The molecule has 1 atom stereocenters. The molecule has 1 heterocycles. The molecule has 2 aromatic rings. The van der Waals surface area contributed by atoms with E-state index in [0.29, 0.717) is 29.8 Å². The molecule has 0 saturated carbocycles. The van der Waals surface area contributed by atoms with Crippen LogP contribution in [0.25, 0.3) is 5.76 Å². The van der Waals surface area contributed by atoms with Gasteiger partial charge in [0.15, 0.2) is 0 Å². The quantitative estimate of drug-likeness (QED) is 0.228. The number of aliphatic hydroxyl groups excluding tert-OH is 1. The van der Waals surface area contributed by atoms with Gasteiger partial charge >= 0.3 is 0 Å². The number of unbranched alkanes of at least 4 members (excludes halogenated alkanes) is 2. The van der Waals surface area contributed by atoms with Gasteiger partial charge in [0, 0.05) is 12.1 Å². The molecule has 1 saturated heterocycles. The van der Waals surface area contributed by atoms with Crippen molar-refractivity contribution in [2.75, 3.05) is 33.3 Å². The minimum absolute atomic E-state index is 0.0320. The average Bonchev–Trinajstić information content (AvgIpc) is 3.14. The third-order valence-electron chi connectivity index (χ3n) is 6.62. The molecule has 1 unspecified atom stereocenters. The van der Waals surface area contributed by atoms with Crippen molar-refractivity contribution in [1.82, 2.24) is 9.80 Å². The number of amides is 1. The minimum Gasteiger partial charge on any atom is -0.508 e. The van der Waals surface area contributed by atoms with Crippen molar-refractivity contribution in [2.45, 2.75) is 52.0 Å². The van der Waals surface area contributed by atoms with E-state index >= 15 is 0 Å². The molecule has 1 amide bonds. The fourth-order valence-electron chi connectivity index (χ4n) is 4.62. The first-order valence-corrected chi connectivity index (χ1v) is 12.8. The summed E-state index contributed by atoms with van der Waals surface area (Å²) >= 11 is 0. The van der Waals surface area contributed by atoms with Crippen molar-refractivity contribution in [3.63, 3.8) is 0 Å². The zero-order valence-electron chi connectivity index (χ0n) is 21.6. The third kappa shape index (κ3) is 6.46. The van der Waals surface area contributed by atoms with E-state index in [1.807, 2.05) is 0 Å². The van der Waals surface area contributed by atoms with Crippen molar-refractivity contribution >= 4 is 17.4 Å². The van der Waals surface area contributed by atoms with Gasteiger partial charge in [-0.2, -0.15) is 0 Å².